The summed E-state index contributed by atoms with van der Waals surface area (Å²) in [6, 6.07) is 15.8. The lowest BCUT2D eigenvalue weighted by Gasteiger charge is -2.07. The minimum Gasteiger partial charge on any atom is -0.483 e. The van der Waals surface area contributed by atoms with Crippen LogP contribution in [-0.2, 0) is 10.5 Å². The lowest BCUT2D eigenvalue weighted by atomic mass is 10.1. The van der Waals surface area contributed by atoms with Crippen molar-refractivity contribution in [1.82, 2.24) is 10.2 Å². The second kappa shape index (κ2) is 8.82. The molecule has 0 bridgehead atoms. The molecular weight excluding hydrogens is 366 g/mol. The fourth-order valence-corrected chi connectivity index (χ4v) is 4.09. The third-order valence-corrected chi connectivity index (χ3v) is 5.74. The largest absolute Gasteiger partial charge is 0.483 e. The number of hydrogen-bond acceptors (Lipinski definition) is 6. The van der Waals surface area contributed by atoms with Crippen molar-refractivity contribution in [1.29, 1.82) is 0 Å². The molecule has 3 aromatic rings. The van der Waals surface area contributed by atoms with Crippen LogP contribution >= 0.6 is 23.1 Å². The molecule has 0 saturated heterocycles. The van der Waals surface area contributed by atoms with Crippen molar-refractivity contribution >= 4 is 34.1 Å². The zero-order chi connectivity index (χ0) is 18.4. The first-order valence-electron chi connectivity index (χ1n) is 8.11. The Morgan fingerprint density at radius 1 is 1.08 bits per heavy atom. The molecule has 0 saturated carbocycles. The predicted octanol–water partition coefficient (Wildman–Crippen LogP) is 4.46. The van der Waals surface area contributed by atoms with Gasteiger partial charge in [-0.05, 0) is 36.6 Å². The number of carbonyl (C=O) groups is 1. The first-order chi connectivity index (χ1) is 12.6. The van der Waals surface area contributed by atoms with Gasteiger partial charge in [0.25, 0.3) is 5.91 Å². The predicted molar refractivity (Wildman–Crippen MR) is 106 cm³/mol. The Kier molecular flexibility index (Phi) is 6.25. The van der Waals surface area contributed by atoms with E-state index in [4.69, 9.17) is 4.74 Å². The molecule has 0 aliphatic heterocycles. The first-order valence-corrected chi connectivity index (χ1v) is 9.91. The number of carbonyl (C=O) groups excluding carboxylic acids is 1. The number of nitrogens with zero attached hydrogens (tertiary/aromatic N) is 2. The van der Waals surface area contributed by atoms with Crippen molar-refractivity contribution in [3.8, 4) is 5.75 Å². The number of hydrogen-bond donors (Lipinski definition) is 1. The smallest absolute Gasteiger partial charge is 0.264 e. The summed E-state index contributed by atoms with van der Waals surface area (Å²) >= 11 is 2.97. The van der Waals surface area contributed by atoms with E-state index in [1.54, 1.807) is 11.8 Å². The average molecular weight is 386 g/mol. The van der Waals surface area contributed by atoms with Crippen LogP contribution in [0.25, 0.3) is 0 Å². The summed E-state index contributed by atoms with van der Waals surface area (Å²) in [5, 5.41) is 11.4. The maximum absolute atomic E-state index is 12.0. The number of anilines is 1. The molecule has 0 spiro atoms. The lowest BCUT2D eigenvalue weighted by molar-refractivity contribution is -0.118. The van der Waals surface area contributed by atoms with Gasteiger partial charge in [-0.25, -0.2) is 0 Å². The van der Waals surface area contributed by atoms with Gasteiger partial charge in [0.05, 0.1) is 0 Å². The van der Waals surface area contributed by atoms with Gasteiger partial charge in [0, 0.05) is 5.75 Å². The van der Waals surface area contributed by atoms with Crippen molar-refractivity contribution in [3.05, 3.63) is 65.2 Å². The Morgan fingerprint density at radius 2 is 1.81 bits per heavy atom. The van der Waals surface area contributed by atoms with Crippen molar-refractivity contribution in [2.75, 3.05) is 11.9 Å². The fraction of sp³-hybridized carbons (Fsp3) is 0.211. The Balaban J connectivity index is 1.49. The molecule has 1 heterocycles. The van der Waals surface area contributed by atoms with Crippen LogP contribution in [0.3, 0.4) is 0 Å². The van der Waals surface area contributed by atoms with Crippen LogP contribution in [0.1, 0.15) is 16.7 Å². The fourth-order valence-electron chi connectivity index (χ4n) is 2.25. The van der Waals surface area contributed by atoms with Gasteiger partial charge in [0.2, 0.25) is 5.13 Å². The van der Waals surface area contributed by atoms with E-state index in [1.165, 1.54) is 22.5 Å². The molecule has 2 aromatic carbocycles. The summed E-state index contributed by atoms with van der Waals surface area (Å²) in [5.74, 6) is 1.28. The summed E-state index contributed by atoms with van der Waals surface area (Å²) in [4.78, 5) is 12.0. The van der Waals surface area contributed by atoms with E-state index < -0.39 is 0 Å². The zero-order valence-electron chi connectivity index (χ0n) is 14.6. The van der Waals surface area contributed by atoms with Crippen molar-refractivity contribution < 1.29 is 9.53 Å². The molecule has 0 aliphatic rings. The number of thioether (sulfide) groups is 1. The van der Waals surface area contributed by atoms with E-state index in [-0.39, 0.29) is 12.5 Å². The minimum atomic E-state index is -0.250. The standard InChI is InChI=1S/C19H19N3O2S2/c1-13-7-3-5-9-15(13)12-25-19-22-21-18(26-19)20-17(23)11-24-16-10-6-4-8-14(16)2/h3-10H,11-12H2,1-2H3,(H,20,21,23). The molecule has 134 valence electrons. The molecule has 0 unspecified atom stereocenters. The summed E-state index contributed by atoms with van der Waals surface area (Å²) in [7, 11) is 0. The maximum atomic E-state index is 12.0. The first kappa shape index (κ1) is 18.4. The van der Waals surface area contributed by atoms with Crippen molar-refractivity contribution in [3.63, 3.8) is 0 Å². The molecule has 7 heteroatoms. The molecule has 5 nitrogen and oxygen atoms in total. The molecule has 0 fully saturated rings. The van der Waals surface area contributed by atoms with Crippen molar-refractivity contribution in [2.24, 2.45) is 0 Å². The van der Waals surface area contributed by atoms with Crippen LogP contribution in [0.5, 0.6) is 5.75 Å². The highest BCUT2D eigenvalue weighted by atomic mass is 32.2. The van der Waals surface area contributed by atoms with Gasteiger partial charge in [0.1, 0.15) is 5.75 Å². The summed E-state index contributed by atoms with van der Waals surface area (Å²) < 4.78 is 6.36. The Hall–Kier alpha value is -2.38. The quantitative estimate of drug-likeness (QED) is 0.480. The molecule has 1 aromatic heterocycles. The number of para-hydroxylation sites is 1. The molecule has 0 atom stereocenters. The SMILES string of the molecule is Cc1ccccc1CSc1nnc(NC(=O)COc2ccccc2C)s1. The van der Waals surface area contributed by atoms with E-state index >= 15 is 0 Å². The Bertz CT molecular complexity index is 896. The molecule has 3 rings (SSSR count). The topological polar surface area (TPSA) is 64.1 Å². The number of ether oxygens (including phenoxy) is 1. The Labute approximate surface area is 160 Å². The normalized spacial score (nSPS) is 10.5. The summed E-state index contributed by atoms with van der Waals surface area (Å²) in [5.41, 5.74) is 3.52. The van der Waals surface area contributed by atoms with Gasteiger partial charge in [-0.15, -0.1) is 10.2 Å². The highest BCUT2D eigenvalue weighted by molar-refractivity contribution is 8.00. The van der Waals surface area contributed by atoms with Crippen LogP contribution in [0, 0.1) is 13.8 Å². The maximum Gasteiger partial charge on any atom is 0.264 e. The van der Waals surface area contributed by atoms with E-state index in [2.05, 4.69) is 34.6 Å². The second-order valence-electron chi connectivity index (χ2n) is 5.69. The highest BCUT2D eigenvalue weighted by Gasteiger charge is 2.10. The summed E-state index contributed by atoms with van der Waals surface area (Å²) in [6.45, 7) is 3.97. The molecule has 1 amide bonds. The lowest BCUT2D eigenvalue weighted by Crippen LogP contribution is -2.20. The van der Waals surface area contributed by atoms with Crippen molar-refractivity contribution in [2.45, 2.75) is 23.9 Å². The average Bonchev–Trinajstić information content (AvgIpc) is 3.08. The van der Waals surface area contributed by atoms with E-state index in [0.29, 0.717) is 10.9 Å². The third-order valence-electron chi connectivity index (χ3n) is 3.72. The number of rotatable bonds is 7. The van der Waals surface area contributed by atoms with Gasteiger partial charge >= 0.3 is 0 Å². The van der Waals surface area contributed by atoms with Gasteiger partial charge in [0.15, 0.2) is 10.9 Å². The van der Waals surface area contributed by atoms with Gasteiger partial charge in [-0.1, -0.05) is 65.6 Å². The van der Waals surface area contributed by atoms with Crippen LogP contribution in [0.2, 0.25) is 0 Å². The molecule has 26 heavy (non-hydrogen) atoms. The van der Waals surface area contributed by atoms with Crippen LogP contribution in [0.15, 0.2) is 52.9 Å². The molecule has 0 radical (unpaired) electrons. The van der Waals surface area contributed by atoms with Gasteiger partial charge in [-0.2, -0.15) is 0 Å². The van der Waals surface area contributed by atoms with Gasteiger partial charge < -0.3 is 4.74 Å². The summed E-state index contributed by atoms with van der Waals surface area (Å²) in [6.07, 6.45) is 0. The number of nitrogens with one attached hydrogen (secondary N) is 1. The van der Waals surface area contributed by atoms with E-state index in [0.717, 1.165) is 15.7 Å². The monoisotopic (exact) mass is 385 g/mol. The third kappa shape index (κ3) is 5.06. The zero-order valence-corrected chi connectivity index (χ0v) is 16.2. The minimum absolute atomic E-state index is 0.0594. The van der Waals surface area contributed by atoms with E-state index in [1.807, 2.05) is 43.3 Å². The number of amides is 1. The molecule has 1 N–H and O–H groups in total. The highest BCUT2D eigenvalue weighted by Crippen LogP contribution is 2.29. The van der Waals surface area contributed by atoms with Gasteiger partial charge in [-0.3, -0.25) is 10.1 Å². The molecular formula is C19H19N3O2S2. The van der Waals surface area contributed by atoms with Crippen LogP contribution in [-0.4, -0.2) is 22.7 Å². The second-order valence-corrected chi connectivity index (χ2v) is 7.89. The number of aromatic nitrogens is 2. The Morgan fingerprint density at radius 3 is 2.58 bits per heavy atom. The molecule has 0 aliphatic carbocycles. The number of benzene rings is 2. The number of aryl methyl sites for hydroxylation is 2. The van der Waals surface area contributed by atoms with Crippen LogP contribution < -0.4 is 10.1 Å². The van der Waals surface area contributed by atoms with Crippen LogP contribution in [0.4, 0.5) is 5.13 Å². The van der Waals surface area contributed by atoms with E-state index in [9.17, 15) is 4.79 Å².